The van der Waals surface area contributed by atoms with Crippen molar-refractivity contribution in [3.05, 3.63) is 79.0 Å². The molecule has 4 rings (SSSR count). The minimum atomic E-state index is -0.380. The first kappa shape index (κ1) is 16.8. The van der Waals surface area contributed by atoms with Gasteiger partial charge in [-0.25, -0.2) is 4.39 Å². The highest BCUT2D eigenvalue weighted by Gasteiger charge is 2.23. The van der Waals surface area contributed by atoms with Gasteiger partial charge in [0, 0.05) is 35.3 Å². The second kappa shape index (κ2) is 7.29. The second-order valence-electron chi connectivity index (χ2n) is 5.74. The van der Waals surface area contributed by atoms with Gasteiger partial charge in [0.1, 0.15) is 11.5 Å². The van der Waals surface area contributed by atoms with Crippen molar-refractivity contribution in [3.63, 3.8) is 0 Å². The SMILES string of the molecule is COc1nnc(-c2ccccc2F)c(-c2cccnc2)c1-c1ccccn1. The van der Waals surface area contributed by atoms with Gasteiger partial charge in [0.15, 0.2) is 0 Å². The van der Waals surface area contributed by atoms with E-state index in [1.807, 2.05) is 30.3 Å². The standard InChI is InChI=1S/C21H15FN4O/c1-27-21-19(17-10-4-5-12-24-17)18(14-7-6-11-23-13-14)20(25-26-21)15-8-2-3-9-16(15)22/h2-13H,1H3. The van der Waals surface area contributed by atoms with Crippen LogP contribution in [0, 0.1) is 5.82 Å². The predicted molar refractivity (Wildman–Crippen MR) is 100 cm³/mol. The van der Waals surface area contributed by atoms with Crippen LogP contribution in [0.2, 0.25) is 0 Å². The molecule has 3 heterocycles. The highest BCUT2D eigenvalue weighted by Crippen LogP contribution is 2.42. The summed E-state index contributed by atoms with van der Waals surface area (Å²) in [5, 5.41) is 8.45. The number of hydrogen-bond acceptors (Lipinski definition) is 5. The fourth-order valence-electron chi connectivity index (χ4n) is 2.95. The molecule has 0 atom stereocenters. The molecule has 0 aliphatic rings. The van der Waals surface area contributed by atoms with Gasteiger partial charge in [-0.1, -0.05) is 24.3 Å². The molecule has 5 nitrogen and oxygen atoms in total. The average Bonchev–Trinajstić information content (AvgIpc) is 2.74. The van der Waals surface area contributed by atoms with Crippen LogP contribution in [0.5, 0.6) is 5.88 Å². The highest BCUT2D eigenvalue weighted by molar-refractivity contribution is 5.93. The number of rotatable bonds is 4. The van der Waals surface area contributed by atoms with E-state index >= 15 is 0 Å². The Morgan fingerprint density at radius 1 is 0.852 bits per heavy atom. The van der Waals surface area contributed by atoms with Gasteiger partial charge >= 0.3 is 0 Å². The average molecular weight is 358 g/mol. The third-order valence-corrected chi connectivity index (χ3v) is 4.14. The number of aromatic nitrogens is 4. The lowest BCUT2D eigenvalue weighted by Crippen LogP contribution is -2.03. The molecule has 0 saturated heterocycles. The van der Waals surface area contributed by atoms with Crippen molar-refractivity contribution in [1.82, 2.24) is 20.2 Å². The molecule has 0 aliphatic carbocycles. The van der Waals surface area contributed by atoms with Gasteiger partial charge in [-0.2, -0.15) is 0 Å². The maximum Gasteiger partial charge on any atom is 0.243 e. The molecule has 0 aliphatic heterocycles. The number of benzene rings is 1. The Labute approximate surface area is 155 Å². The van der Waals surface area contributed by atoms with Crippen molar-refractivity contribution in [3.8, 4) is 39.5 Å². The molecule has 0 fully saturated rings. The molecule has 0 amide bonds. The lowest BCUT2D eigenvalue weighted by atomic mass is 9.94. The summed E-state index contributed by atoms with van der Waals surface area (Å²) in [5.41, 5.74) is 3.48. The highest BCUT2D eigenvalue weighted by atomic mass is 19.1. The maximum atomic E-state index is 14.6. The van der Waals surface area contributed by atoms with Gasteiger partial charge < -0.3 is 4.74 Å². The van der Waals surface area contributed by atoms with E-state index < -0.39 is 0 Å². The van der Waals surface area contributed by atoms with Gasteiger partial charge in [-0.3, -0.25) is 9.97 Å². The van der Waals surface area contributed by atoms with Crippen LogP contribution in [0.4, 0.5) is 4.39 Å². The van der Waals surface area contributed by atoms with Crippen LogP contribution in [-0.2, 0) is 0 Å². The number of nitrogens with zero attached hydrogens (tertiary/aromatic N) is 4. The van der Waals surface area contributed by atoms with E-state index in [9.17, 15) is 4.39 Å². The molecule has 0 bridgehead atoms. The van der Waals surface area contributed by atoms with Crippen LogP contribution in [0.25, 0.3) is 33.6 Å². The van der Waals surface area contributed by atoms with E-state index in [4.69, 9.17) is 4.74 Å². The van der Waals surface area contributed by atoms with Crippen LogP contribution >= 0.6 is 0 Å². The minimum absolute atomic E-state index is 0.313. The molecular formula is C21H15FN4O. The van der Waals surface area contributed by atoms with E-state index in [2.05, 4.69) is 20.2 Å². The summed E-state index contributed by atoms with van der Waals surface area (Å²) in [6.45, 7) is 0. The van der Waals surface area contributed by atoms with E-state index in [-0.39, 0.29) is 5.82 Å². The first-order valence-electron chi connectivity index (χ1n) is 8.31. The molecule has 0 radical (unpaired) electrons. The second-order valence-corrected chi connectivity index (χ2v) is 5.74. The summed E-state index contributed by atoms with van der Waals surface area (Å²) >= 11 is 0. The molecule has 0 saturated carbocycles. The Morgan fingerprint density at radius 2 is 1.70 bits per heavy atom. The van der Waals surface area contributed by atoms with Crippen molar-refractivity contribution >= 4 is 0 Å². The van der Waals surface area contributed by atoms with Gasteiger partial charge in [-0.05, 0) is 30.3 Å². The molecule has 27 heavy (non-hydrogen) atoms. The third kappa shape index (κ3) is 3.13. The first-order chi connectivity index (χ1) is 13.3. The maximum absolute atomic E-state index is 14.6. The van der Waals surface area contributed by atoms with Crippen molar-refractivity contribution in [2.45, 2.75) is 0 Å². The van der Waals surface area contributed by atoms with Crippen LogP contribution in [0.15, 0.2) is 73.2 Å². The number of hydrogen-bond donors (Lipinski definition) is 0. The Balaban J connectivity index is 2.11. The van der Waals surface area contributed by atoms with Crippen molar-refractivity contribution in [2.75, 3.05) is 7.11 Å². The molecular weight excluding hydrogens is 343 g/mol. The molecule has 3 aromatic heterocycles. The summed E-state index contributed by atoms with van der Waals surface area (Å²) < 4.78 is 20.0. The van der Waals surface area contributed by atoms with Crippen LogP contribution in [0.3, 0.4) is 0 Å². The van der Waals surface area contributed by atoms with E-state index in [1.165, 1.54) is 13.2 Å². The zero-order valence-corrected chi connectivity index (χ0v) is 14.5. The van der Waals surface area contributed by atoms with Gasteiger partial charge in [0.05, 0.1) is 18.4 Å². The molecule has 0 unspecified atom stereocenters. The smallest absolute Gasteiger partial charge is 0.243 e. The van der Waals surface area contributed by atoms with Crippen LogP contribution in [0.1, 0.15) is 0 Å². The van der Waals surface area contributed by atoms with Crippen molar-refractivity contribution < 1.29 is 9.13 Å². The summed E-state index contributed by atoms with van der Waals surface area (Å²) in [4.78, 5) is 8.64. The zero-order chi connectivity index (χ0) is 18.6. The van der Waals surface area contributed by atoms with Crippen LogP contribution in [-0.4, -0.2) is 27.3 Å². The minimum Gasteiger partial charge on any atom is -0.479 e. The Morgan fingerprint density at radius 3 is 2.41 bits per heavy atom. The van der Waals surface area contributed by atoms with E-state index in [1.54, 1.807) is 36.8 Å². The molecule has 6 heteroatoms. The van der Waals surface area contributed by atoms with Crippen molar-refractivity contribution in [1.29, 1.82) is 0 Å². The Hall–Kier alpha value is -3.67. The quantitative estimate of drug-likeness (QED) is 0.541. The lowest BCUT2D eigenvalue weighted by Gasteiger charge is -2.16. The molecule has 1 aromatic carbocycles. The van der Waals surface area contributed by atoms with E-state index in [0.29, 0.717) is 34.0 Å². The van der Waals surface area contributed by atoms with Crippen LogP contribution < -0.4 is 4.74 Å². The first-order valence-corrected chi connectivity index (χ1v) is 8.31. The fourth-order valence-corrected chi connectivity index (χ4v) is 2.95. The molecule has 0 N–H and O–H groups in total. The topological polar surface area (TPSA) is 60.8 Å². The zero-order valence-electron chi connectivity index (χ0n) is 14.5. The number of ether oxygens (including phenoxy) is 1. The summed E-state index contributed by atoms with van der Waals surface area (Å²) in [7, 11) is 1.52. The Bertz CT molecular complexity index is 1070. The number of pyridine rings is 2. The van der Waals surface area contributed by atoms with Crippen molar-refractivity contribution in [2.24, 2.45) is 0 Å². The molecule has 4 aromatic rings. The van der Waals surface area contributed by atoms with Gasteiger partial charge in [0.25, 0.3) is 0 Å². The van der Waals surface area contributed by atoms with Gasteiger partial charge in [-0.15, -0.1) is 10.2 Å². The molecule has 0 spiro atoms. The number of methoxy groups -OCH3 is 1. The lowest BCUT2D eigenvalue weighted by molar-refractivity contribution is 0.394. The predicted octanol–water partition coefficient (Wildman–Crippen LogP) is 4.42. The summed E-state index contributed by atoms with van der Waals surface area (Å²) in [6, 6.07) is 15.7. The number of halogens is 1. The largest absolute Gasteiger partial charge is 0.479 e. The fraction of sp³-hybridized carbons (Fsp3) is 0.0476. The monoisotopic (exact) mass is 358 g/mol. The summed E-state index contributed by atoms with van der Waals surface area (Å²) in [5.74, 6) is -0.0679. The van der Waals surface area contributed by atoms with Gasteiger partial charge in [0.2, 0.25) is 5.88 Å². The molecule has 132 valence electrons. The normalized spacial score (nSPS) is 10.6. The van der Waals surface area contributed by atoms with E-state index in [0.717, 1.165) is 5.56 Å². The summed E-state index contributed by atoms with van der Waals surface area (Å²) in [6.07, 6.45) is 5.07. The Kier molecular flexibility index (Phi) is 4.53. The third-order valence-electron chi connectivity index (χ3n) is 4.14.